The molecule has 3 aliphatic rings. The van der Waals surface area contributed by atoms with Gasteiger partial charge in [0.05, 0.1) is 42.0 Å². The number of para-hydroxylation sites is 1. The van der Waals surface area contributed by atoms with Crippen molar-refractivity contribution in [3.63, 3.8) is 0 Å². The summed E-state index contributed by atoms with van der Waals surface area (Å²) in [6, 6.07) is 11.7. The number of rotatable bonds is 8. The number of nitrogens with zero attached hydrogens (tertiary/aromatic N) is 5. The van der Waals surface area contributed by atoms with Gasteiger partial charge in [0.2, 0.25) is 11.7 Å². The predicted molar refractivity (Wildman–Crippen MR) is 165 cm³/mol. The molecule has 0 spiro atoms. The Kier molecular flexibility index (Phi) is 7.06. The maximum atomic E-state index is 15.1. The van der Waals surface area contributed by atoms with E-state index in [2.05, 4.69) is 29.1 Å². The van der Waals surface area contributed by atoms with Crippen LogP contribution in [0, 0.1) is 5.82 Å². The molecule has 3 aromatic heterocycles. The van der Waals surface area contributed by atoms with Gasteiger partial charge >= 0.3 is 5.76 Å². The van der Waals surface area contributed by atoms with E-state index in [4.69, 9.17) is 24.9 Å². The molecule has 13 nitrogen and oxygen atoms in total. The third kappa shape index (κ3) is 5.32. The van der Waals surface area contributed by atoms with Crippen LogP contribution in [0.5, 0.6) is 11.5 Å². The number of piperidine rings is 1. The molecule has 3 aliphatic heterocycles. The number of carbonyl (C=O) groups is 1. The standard InChI is InChI=1S/C33H32FN7O6/c1-33(22-6-5-19(30(35)42)13-23(22)34)45-27-4-2-3-21(29(27)46-33)18-7-10-40(11-8-18)17-28-37-24-14-25(31-38-32(43)47-39-31)36-15-26(24)41(28)16-20-9-12-44-20/h2-6,13-15,18,20H,7-12,16-17H2,1H3,(H2,35,42)(H,38,39,43)/t20-,33?/m0/s1. The number of nitrogens with one attached hydrogen (secondary N) is 1. The van der Waals surface area contributed by atoms with Crippen LogP contribution in [0.2, 0.25) is 0 Å². The Labute approximate surface area is 267 Å². The molecule has 2 atom stereocenters. The van der Waals surface area contributed by atoms with Gasteiger partial charge in [0.25, 0.3) is 5.79 Å². The Morgan fingerprint density at radius 1 is 1.15 bits per heavy atom. The van der Waals surface area contributed by atoms with Gasteiger partial charge in [-0.15, -0.1) is 0 Å². The molecule has 2 aromatic carbocycles. The summed E-state index contributed by atoms with van der Waals surface area (Å²) < 4.78 is 40.2. The van der Waals surface area contributed by atoms with Crippen molar-refractivity contribution in [1.29, 1.82) is 0 Å². The lowest BCUT2D eigenvalue weighted by molar-refractivity contribution is -0.0712. The normalized spacial score (nSPS) is 21.3. The van der Waals surface area contributed by atoms with Crippen molar-refractivity contribution in [2.45, 2.75) is 57.1 Å². The molecule has 0 bridgehead atoms. The smallest absolute Gasteiger partial charge is 0.439 e. The van der Waals surface area contributed by atoms with Gasteiger partial charge in [-0.25, -0.2) is 14.2 Å². The number of benzene rings is 2. The number of aromatic amines is 1. The fourth-order valence-corrected chi connectivity index (χ4v) is 6.72. The van der Waals surface area contributed by atoms with Gasteiger partial charge in [-0.05, 0) is 68.6 Å². The Bertz CT molecular complexity index is 2060. The lowest BCUT2D eigenvalue weighted by atomic mass is 9.88. The summed E-state index contributed by atoms with van der Waals surface area (Å²) in [7, 11) is 0. The van der Waals surface area contributed by atoms with Crippen molar-refractivity contribution in [3.8, 4) is 23.0 Å². The van der Waals surface area contributed by atoms with Gasteiger partial charge in [-0.1, -0.05) is 17.3 Å². The van der Waals surface area contributed by atoms with E-state index in [1.807, 2.05) is 18.2 Å². The number of amides is 1. The van der Waals surface area contributed by atoms with E-state index in [1.54, 1.807) is 19.2 Å². The molecule has 0 aliphatic carbocycles. The summed E-state index contributed by atoms with van der Waals surface area (Å²) in [5.41, 5.74) is 8.73. The van der Waals surface area contributed by atoms with Gasteiger partial charge in [-0.3, -0.25) is 24.2 Å². The van der Waals surface area contributed by atoms with Gasteiger partial charge in [0.15, 0.2) is 11.5 Å². The number of pyridine rings is 1. The quantitative estimate of drug-likeness (QED) is 0.255. The van der Waals surface area contributed by atoms with Crippen molar-refractivity contribution in [3.05, 3.63) is 87.5 Å². The van der Waals surface area contributed by atoms with Crippen LogP contribution < -0.4 is 21.0 Å². The van der Waals surface area contributed by atoms with Crippen molar-refractivity contribution in [1.82, 2.24) is 29.6 Å². The first-order valence-corrected chi connectivity index (χ1v) is 15.6. The predicted octanol–water partition coefficient (Wildman–Crippen LogP) is 3.83. The molecule has 2 fully saturated rings. The van der Waals surface area contributed by atoms with Gasteiger partial charge in [0.1, 0.15) is 17.3 Å². The number of primary amides is 1. The zero-order chi connectivity index (χ0) is 32.3. The van der Waals surface area contributed by atoms with E-state index in [1.165, 1.54) is 12.1 Å². The average molecular weight is 642 g/mol. The molecule has 6 heterocycles. The first kappa shape index (κ1) is 29.3. The minimum absolute atomic E-state index is 0.0790. The molecule has 0 saturated carbocycles. The Balaban J connectivity index is 0.994. The summed E-state index contributed by atoms with van der Waals surface area (Å²) in [4.78, 5) is 37.4. The Morgan fingerprint density at radius 3 is 2.68 bits per heavy atom. The first-order chi connectivity index (χ1) is 22.7. The lowest BCUT2D eigenvalue weighted by Crippen LogP contribution is -2.35. The number of halogens is 1. The third-order valence-electron chi connectivity index (χ3n) is 9.32. The van der Waals surface area contributed by atoms with E-state index in [-0.39, 0.29) is 29.0 Å². The number of fused-ring (bicyclic) bond motifs is 2. The SMILES string of the molecule is CC1(c2ccc(C(N)=O)cc2F)Oc2cccc(C3CCN(Cc4nc5cc(-c6noc(=O)[nH]6)ncc5n4C[C@@H]4CCO4)CC3)c2O1. The van der Waals surface area contributed by atoms with Gasteiger partial charge in [-0.2, -0.15) is 0 Å². The molecule has 1 amide bonds. The van der Waals surface area contributed by atoms with E-state index in [0.29, 0.717) is 30.3 Å². The van der Waals surface area contributed by atoms with E-state index >= 15 is 4.39 Å². The maximum absolute atomic E-state index is 15.1. The molecule has 0 radical (unpaired) electrons. The zero-order valence-corrected chi connectivity index (χ0v) is 25.6. The number of likely N-dealkylation sites (tertiary alicyclic amines) is 1. The summed E-state index contributed by atoms with van der Waals surface area (Å²) in [6.07, 6.45) is 4.65. The van der Waals surface area contributed by atoms with E-state index in [0.717, 1.165) is 67.4 Å². The Morgan fingerprint density at radius 2 is 1.98 bits per heavy atom. The summed E-state index contributed by atoms with van der Waals surface area (Å²) >= 11 is 0. The van der Waals surface area contributed by atoms with Crippen molar-refractivity contribution in [2.75, 3.05) is 19.7 Å². The lowest BCUT2D eigenvalue weighted by Gasteiger charge is -2.33. The van der Waals surface area contributed by atoms with Crippen molar-refractivity contribution >= 4 is 16.9 Å². The second kappa shape index (κ2) is 11.3. The number of aromatic nitrogens is 5. The molecule has 47 heavy (non-hydrogen) atoms. The highest BCUT2D eigenvalue weighted by Gasteiger charge is 2.43. The number of hydrogen-bond acceptors (Lipinski definition) is 10. The molecule has 2 saturated heterocycles. The highest BCUT2D eigenvalue weighted by atomic mass is 19.1. The van der Waals surface area contributed by atoms with Crippen molar-refractivity contribution < 1.29 is 27.9 Å². The van der Waals surface area contributed by atoms with Crippen LogP contribution in [0.25, 0.3) is 22.6 Å². The highest BCUT2D eigenvalue weighted by molar-refractivity contribution is 5.92. The molecule has 242 valence electrons. The highest BCUT2D eigenvalue weighted by Crippen LogP contribution is 2.49. The van der Waals surface area contributed by atoms with Crippen LogP contribution in [0.15, 0.2) is 58.0 Å². The number of carbonyl (C=O) groups excluding carboxylic acids is 1. The van der Waals surface area contributed by atoms with Crippen LogP contribution in [-0.2, 0) is 23.6 Å². The van der Waals surface area contributed by atoms with E-state index < -0.39 is 23.3 Å². The second-order valence-electron chi connectivity index (χ2n) is 12.4. The Hall–Kier alpha value is -5.08. The summed E-state index contributed by atoms with van der Waals surface area (Å²) in [5.74, 6) is -0.800. The van der Waals surface area contributed by atoms with Gasteiger partial charge < -0.3 is 24.5 Å². The number of ether oxygens (including phenoxy) is 3. The van der Waals surface area contributed by atoms with Crippen LogP contribution in [-0.4, -0.2) is 61.3 Å². The average Bonchev–Trinajstić information content (AvgIpc) is 3.73. The fourth-order valence-electron chi connectivity index (χ4n) is 6.72. The van der Waals surface area contributed by atoms with Crippen LogP contribution in [0.3, 0.4) is 0 Å². The minimum Gasteiger partial charge on any atom is -0.444 e. The number of nitrogens with two attached hydrogens (primary N) is 1. The minimum atomic E-state index is -1.39. The molecule has 3 N–H and O–H groups in total. The summed E-state index contributed by atoms with van der Waals surface area (Å²) in [6.45, 7) is 5.43. The maximum Gasteiger partial charge on any atom is 0.439 e. The van der Waals surface area contributed by atoms with Gasteiger partial charge in [0, 0.05) is 24.7 Å². The largest absolute Gasteiger partial charge is 0.444 e. The monoisotopic (exact) mass is 641 g/mol. The third-order valence-corrected chi connectivity index (χ3v) is 9.32. The molecule has 1 unspecified atom stereocenters. The fraction of sp³-hybridized carbons (Fsp3) is 0.364. The molecular weight excluding hydrogens is 609 g/mol. The zero-order valence-electron chi connectivity index (χ0n) is 25.6. The summed E-state index contributed by atoms with van der Waals surface area (Å²) in [5, 5.41) is 3.76. The number of hydrogen-bond donors (Lipinski definition) is 2. The number of H-pyrrole nitrogens is 1. The second-order valence-corrected chi connectivity index (χ2v) is 12.4. The molecule has 14 heteroatoms. The first-order valence-electron chi connectivity index (χ1n) is 15.6. The number of imidazole rings is 1. The van der Waals surface area contributed by atoms with E-state index in [9.17, 15) is 9.59 Å². The molecule has 8 rings (SSSR count). The van der Waals surface area contributed by atoms with Crippen LogP contribution in [0.4, 0.5) is 4.39 Å². The van der Waals surface area contributed by atoms with Crippen LogP contribution >= 0.6 is 0 Å². The topological polar surface area (TPSA) is 164 Å². The molecule has 5 aromatic rings. The van der Waals surface area contributed by atoms with Crippen LogP contribution in [0.1, 0.15) is 59.4 Å². The molecular formula is C33H32FN7O6. The van der Waals surface area contributed by atoms with Crippen molar-refractivity contribution in [2.24, 2.45) is 5.73 Å².